The molecule has 0 unspecified atom stereocenters. The maximum absolute atomic E-state index is 12.6. The van der Waals surface area contributed by atoms with Gasteiger partial charge in [0.2, 0.25) is 0 Å². The van der Waals surface area contributed by atoms with Gasteiger partial charge in [0.15, 0.2) is 5.13 Å². The maximum Gasteiger partial charge on any atom is 0.272 e. The van der Waals surface area contributed by atoms with Crippen molar-refractivity contribution in [1.29, 1.82) is 0 Å². The van der Waals surface area contributed by atoms with Gasteiger partial charge in [-0.1, -0.05) is 29.5 Å². The zero-order valence-corrected chi connectivity index (χ0v) is 14.4. The quantitative estimate of drug-likeness (QED) is 0.780. The second kappa shape index (κ2) is 6.78. The number of carbonyl (C=O) groups excluding carboxylic acids is 1. The Labute approximate surface area is 149 Å². The van der Waals surface area contributed by atoms with E-state index in [1.807, 2.05) is 23.1 Å². The lowest BCUT2D eigenvalue weighted by Crippen LogP contribution is -2.49. The van der Waals surface area contributed by atoms with Gasteiger partial charge in [-0.25, -0.2) is 9.97 Å². The molecule has 0 atom stereocenters. The van der Waals surface area contributed by atoms with Crippen molar-refractivity contribution >= 4 is 32.6 Å². The fraction of sp³-hybridized carbons (Fsp3) is 0.278. The van der Waals surface area contributed by atoms with Crippen LogP contribution in [0.25, 0.3) is 10.2 Å². The third-order valence-corrected chi connectivity index (χ3v) is 5.41. The standard InChI is InChI=1S/C18H18N4O2S/c23-12-13-4-3-6-15(19-13)17(24)21-8-10-22(11-9-21)18-20-14-5-1-2-7-16(14)25-18/h1-7,23H,8-12H2. The van der Waals surface area contributed by atoms with Gasteiger partial charge in [-0.3, -0.25) is 4.79 Å². The van der Waals surface area contributed by atoms with Crippen molar-refractivity contribution in [1.82, 2.24) is 14.9 Å². The zero-order valence-electron chi connectivity index (χ0n) is 13.6. The second-order valence-corrected chi connectivity index (χ2v) is 6.92. The van der Waals surface area contributed by atoms with Gasteiger partial charge < -0.3 is 14.9 Å². The first kappa shape index (κ1) is 16.0. The van der Waals surface area contributed by atoms with Crippen LogP contribution in [0, 0.1) is 0 Å². The number of aliphatic hydroxyl groups is 1. The summed E-state index contributed by atoms with van der Waals surface area (Å²) in [7, 11) is 0. The van der Waals surface area contributed by atoms with Gasteiger partial charge in [0.05, 0.1) is 22.5 Å². The molecule has 0 aliphatic carbocycles. The van der Waals surface area contributed by atoms with Crippen LogP contribution in [0.15, 0.2) is 42.5 Å². The summed E-state index contributed by atoms with van der Waals surface area (Å²) >= 11 is 1.69. The molecule has 3 aromatic rings. The molecule has 0 bridgehead atoms. The number of rotatable bonds is 3. The summed E-state index contributed by atoms with van der Waals surface area (Å²) in [6.45, 7) is 2.63. The molecule has 0 spiro atoms. The van der Waals surface area contributed by atoms with Gasteiger partial charge in [0.1, 0.15) is 5.69 Å². The van der Waals surface area contributed by atoms with Crippen LogP contribution < -0.4 is 4.90 Å². The summed E-state index contributed by atoms with van der Waals surface area (Å²) in [5.41, 5.74) is 1.92. The Kier molecular flexibility index (Phi) is 4.33. The monoisotopic (exact) mass is 354 g/mol. The number of carbonyl (C=O) groups is 1. The number of amides is 1. The molecule has 1 saturated heterocycles. The molecule has 1 aliphatic heterocycles. The first-order valence-corrected chi connectivity index (χ1v) is 9.03. The fourth-order valence-electron chi connectivity index (χ4n) is 2.94. The van der Waals surface area contributed by atoms with Crippen molar-refractivity contribution in [2.24, 2.45) is 0 Å². The van der Waals surface area contributed by atoms with Crippen LogP contribution in [0.2, 0.25) is 0 Å². The molecule has 7 heteroatoms. The second-order valence-electron chi connectivity index (χ2n) is 5.92. The highest BCUT2D eigenvalue weighted by Gasteiger charge is 2.24. The largest absolute Gasteiger partial charge is 0.390 e. The van der Waals surface area contributed by atoms with E-state index in [0.29, 0.717) is 24.5 Å². The van der Waals surface area contributed by atoms with E-state index in [0.717, 1.165) is 23.7 Å². The Morgan fingerprint density at radius 1 is 1.04 bits per heavy atom. The SMILES string of the molecule is O=C(c1cccc(CO)n1)N1CCN(c2nc3ccccc3s2)CC1. The number of thiazole rings is 1. The molecule has 4 rings (SSSR count). The molecule has 1 aliphatic rings. The molecule has 25 heavy (non-hydrogen) atoms. The van der Waals surface area contributed by atoms with Crippen molar-refractivity contribution in [3.05, 3.63) is 53.9 Å². The number of para-hydroxylation sites is 1. The smallest absolute Gasteiger partial charge is 0.272 e. The van der Waals surface area contributed by atoms with Crippen LogP contribution in [-0.4, -0.2) is 52.1 Å². The molecular formula is C18H18N4O2S. The summed E-state index contributed by atoms with van der Waals surface area (Å²) < 4.78 is 1.18. The predicted molar refractivity (Wildman–Crippen MR) is 97.9 cm³/mol. The number of hydrogen-bond acceptors (Lipinski definition) is 6. The summed E-state index contributed by atoms with van der Waals surface area (Å²) in [4.78, 5) is 25.5. The highest BCUT2D eigenvalue weighted by molar-refractivity contribution is 7.22. The lowest BCUT2D eigenvalue weighted by atomic mass is 10.2. The van der Waals surface area contributed by atoms with Gasteiger partial charge >= 0.3 is 0 Å². The van der Waals surface area contributed by atoms with E-state index >= 15 is 0 Å². The van der Waals surface area contributed by atoms with Gasteiger partial charge in [-0.15, -0.1) is 0 Å². The van der Waals surface area contributed by atoms with E-state index in [9.17, 15) is 9.90 Å². The third-order valence-electron chi connectivity index (χ3n) is 4.31. The van der Waals surface area contributed by atoms with Gasteiger partial charge in [-0.05, 0) is 24.3 Å². The lowest BCUT2D eigenvalue weighted by Gasteiger charge is -2.34. The first-order valence-electron chi connectivity index (χ1n) is 8.21. The summed E-state index contributed by atoms with van der Waals surface area (Å²) in [6.07, 6.45) is 0. The number of aliphatic hydroxyl groups excluding tert-OH is 1. The molecule has 3 heterocycles. The number of hydrogen-bond donors (Lipinski definition) is 1. The molecule has 1 N–H and O–H groups in total. The minimum atomic E-state index is -0.160. The lowest BCUT2D eigenvalue weighted by molar-refractivity contribution is 0.0740. The Hall–Kier alpha value is -2.51. The van der Waals surface area contributed by atoms with Crippen molar-refractivity contribution in [3.8, 4) is 0 Å². The van der Waals surface area contributed by atoms with Crippen LogP contribution in [0.3, 0.4) is 0 Å². The van der Waals surface area contributed by atoms with Crippen LogP contribution in [0.5, 0.6) is 0 Å². The minimum absolute atomic E-state index is 0.0840. The van der Waals surface area contributed by atoms with Gasteiger partial charge in [0, 0.05) is 26.2 Å². The van der Waals surface area contributed by atoms with Crippen molar-refractivity contribution in [2.45, 2.75) is 6.61 Å². The average molecular weight is 354 g/mol. The van der Waals surface area contributed by atoms with Crippen LogP contribution >= 0.6 is 11.3 Å². The average Bonchev–Trinajstić information content (AvgIpc) is 3.12. The number of piperazine rings is 1. The number of fused-ring (bicyclic) bond motifs is 1. The molecule has 0 saturated carbocycles. The minimum Gasteiger partial charge on any atom is -0.390 e. The zero-order chi connectivity index (χ0) is 17.2. The predicted octanol–water partition coefficient (Wildman–Crippen LogP) is 2.15. The van der Waals surface area contributed by atoms with E-state index in [-0.39, 0.29) is 12.5 Å². The molecule has 1 fully saturated rings. The molecule has 2 aromatic heterocycles. The van der Waals surface area contributed by atoms with E-state index in [4.69, 9.17) is 0 Å². The Morgan fingerprint density at radius 2 is 1.84 bits per heavy atom. The van der Waals surface area contributed by atoms with E-state index < -0.39 is 0 Å². The molecular weight excluding hydrogens is 336 g/mol. The highest BCUT2D eigenvalue weighted by atomic mass is 32.1. The summed E-state index contributed by atoms with van der Waals surface area (Å²) in [5.74, 6) is -0.0840. The summed E-state index contributed by atoms with van der Waals surface area (Å²) in [5, 5.41) is 10.2. The van der Waals surface area contributed by atoms with Gasteiger partial charge in [-0.2, -0.15) is 0 Å². The van der Waals surface area contributed by atoms with Crippen LogP contribution in [0.4, 0.5) is 5.13 Å². The molecule has 0 radical (unpaired) electrons. The number of aromatic nitrogens is 2. The van der Waals surface area contributed by atoms with Crippen LogP contribution in [-0.2, 0) is 6.61 Å². The number of benzene rings is 1. The van der Waals surface area contributed by atoms with Gasteiger partial charge in [0.25, 0.3) is 5.91 Å². The Balaban J connectivity index is 1.44. The maximum atomic E-state index is 12.6. The molecule has 128 valence electrons. The normalized spacial score (nSPS) is 14.9. The van der Waals surface area contributed by atoms with E-state index in [1.54, 1.807) is 29.5 Å². The fourth-order valence-corrected chi connectivity index (χ4v) is 3.96. The Bertz CT molecular complexity index is 870. The number of anilines is 1. The highest BCUT2D eigenvalue weighted by Crippen LogP contribution is 2.29. The third kappa shape index (κ3) is 3.20. The van der Waals surface area contributed by atoms with Crippen molar-refractivity contribution in [3.63, 3.8) is 0 Å². The topological polar surface area (TPSA) is 69.6 Å². The van der Waals surface area contributed by atoms with E-state index in [1.165, 1.54) is 4.70 Å². The first-order chi connectivity index (χ1) is 12.2. The van der Waals surface area contributed by atoms with Crippen molar-refractivity contribution < 1.29 is 9.90 Å². The molecule has 6 nitrogen and oxygen atoms in total. The summed E-state index contributed by atoms with van der Waals surface area (Å²) in [6, 6.07) is 13.3. The van der Waals surface area contributed by atoms with Crippen molar-refractivity contribution in [2.75, 3.05) is 31.1 Å². The number of nitrogens with zero attached hydrogens (tertiary/aromatic N) is 4. The van der Waals surface area contributed by atoms with Crippen LogP contribution in [0.1, 0.15) is 16.2 Å². The Morgan fingerprint density at radius 3 is 2.60 bits per heavy atom. The molecule has 1 aromatic carbocycles. The van der Waals surface area contributed by atoms with E-state index in [2.05, 4.69) is 20.9 Å². The molecule has 1 amide bonds. The number of pyridine rings is 1.